The highest BCUT2D eigenvalue weighted by Gasteiger charge is 2.09. The van der Waals surface area contributed by atoms with Crippen molar-refractivity contribution in [1.82, 2.24) is 9.55 Å². The van der Waals surface area contributed by atoms with Gasteiger partial charge in [0, 0.05) is 6.54 Å². The average molecular weight is 273 g/mol. The molecule has 1 aromatic carbocycles. The molecule has 0 bridgehead atoms. The van der Waals surface area contributed by atoms with Crippen LogP contribution in [0, 0.1) is 12.8 Å². The van der Waals surface area contributed by atoms with Gasteiger partial charge in [0.15, 0.2) is 0 Å². The molecule has 3 nitrogen and oxygen atoms in total. The molecule has 110 valence electrons. The molecule has 0 aliphatic heterocycles. The molecule has 0 radical (unpaired) electrons. The summed E-state index contributed by atoms with van der Waals surface area (Å²) in [6, 6.07) is 6.21. The molecule has 0 atom stereocenters. The minimum Gasteiger partial charge on any atom is -0.369 e. The summed E-state index contributed by atoms with van der Waals surface area (Å²) in [7, 11) is 0. The van der Waals surface area contributed by atoms with Crippen LogP contribution >= 0.6 is 0 Å². The molecule has 0 fully saturated rings. The Bertz CT molecular complexity index is 555. The number of unbranched alkanes of at least 4 members (excludes halogenated alkanes) is 3. The number of fused-ring (bicyclic) bond motifs is 1. The summed E-state index contributed by atoms with van der Waals surface area (Å²) in [5.41, 5.74) is 9.53. The van der Waals surface area contributed by atoms with Gasteiger partial charge in [-0.25, -0.2) is 4.98 Å². The number of imidazole rings is 1. The van der Waals surface area contributed by atoms with Crippen molar-refractivity contribution in [1.29, 1.82) is 0 Å². The van der Waals surface area contributed by atoms with E-state index in [1.54, 1.807) is 0 Å². The maximum Gasteiger partial charge on any atom is 0.201 e. The van der Waals surface area contributed by atoms with Crippen LogP contribution in [0.2, 0.25) is 0 Å². The van der Waals surface area contributed by atoms with Gasteiger partial charge < -0.3 is 10.3 Å². The lowest BCUT2D eigenvalue weighted by atomic mass is 10.0. The first-order chi connectivity index (χ1) is 9.59. The standard InChI is InChI=1S/C17H27N3/c1-13(2)9-6-4-5-7-12-20-16-14(3)10-8-11-15(16)19-17(20)18/h8,10-11,13H,4-7,9,12H2,1-3H3,(H2,18,19). The third kappa shape index (κ3) is 3.53. The van der Waals surface area contributed by atoms with Crippen LogP contribution in [0.1, 0.15) is 51.5 Å². The Kier molecular flexibility index (Phi) is 5.05. The van der Waals surface area contributed by atoms with Crippen LogP contribution in [0.25, 0.3) is 11.0 Å². The number of aryl methyl sites for hydroxylation is 2. The Labute approximate surface area is 122 Å². The van der Waals surface area contributed by atoms with Crippen molar-refractivity contribution in [3.05, 3.63) is 23.8 Å². The summed E-state index contributed by atoms with van der Waals surface area (Å²) in [4.78, 5) is 4.45. The van der Waals surface area contributed by atoms with E-state index in [1.165, 1.54) is 43.2 Å². The van der Waals surface area contributed by atoms with Crippen molar-refractivity contribution in [2.75, 3.05) is 5.73 Å². The highest BCUT2D eigenvalue weighted by Crippen LogP contribution is 2.22. The van der Waals surface area contributed by atoms with Crippen LogP contribution in [0.4, 0.5) is 5.95 Å². The van der Waals surface area contributed by atoms with Crippen LogP contribution < -0.4 is 5.73 Å². The number of hydrogen-bond acceptors (Lipinski definition) is 2. The minimum absolute atomic E-state index is 0.650. The number of aromatic nitrogens is 2. The van der Waals surface area contributed by atoms with Crippen LogP contribution in [-0.2, 0) is 6.54 Å². The summed E-state index contributed by atoms with van der Waals surface area (Å²) in [6.07, 6.45) is 6.47. The molecule has 0 aliphatic carbocycles. The van der Waals surface area contributed by atoms with Gasteiger partial charge in [0.2, 0.25) is 5.95 Å². The van der Waals surface area contributed by atoms with E-state index >= 15 is 0 Å². The summed E-state index contributed by atoms with van der Waals surface area (Å²) in [6.45, 7) is 7.69. The second-order valence-corrected chi connectivity index (χ2v) is 6.16. The van der Waals surface area contributed by atoms with Gasteiger partial charge in [0.1, 0.15) is 0 Å². The molecule has 0 amide bonds. The molecular formula is C17H27N3. The first kappa shape index (κ1) is 14.9. The largest absolute Gasteiger partial charge is 0.369 e. The van der Waals surface area contributed by atoms with E-state index in [-0.39, 0.29) is 0 Å². The van der Waals surface area contributed by atoms with Gasteiger partial charge in [-0.2, -0.15) is 0 Å². The van der Waals surface area contributed by atoms with E-state index in [2.05, 4.69) is 36.4 Å². The smallest absolute Gasteiger partial charge is 0.201 e. The van der Waals surface area contributed by atoms with E-state index in [0.717, 1.165) is 18.0 Å². The molecule has 20 heavy (non-hydrogen) atoms. The summed E-state index contributed by atoms with van der Waals surface area (Å²) >= 11 is 0. The van der Waals surface area contributed by atoms with Crippen LogP contribution in [0.5, 0.6) is 0 Å². The molecular weight excluding hydrogens is 246 g/mol. The third-order valence-electron chi connectivity index (χ3n) is 3.91. The van der Waals surface area contributed by atoms with Gasteiger partial charge in [-0.15, -0.1) is 0 Å². The van der Waals surface area contributed by atoms with Gasteiger partial charge in [-0.05, 0) is 30.9 Å². The van der Waals surface area contributed by atoms with Gasteiger partial charge in [-0.3, -0.25) is 0 Å². The van der Waals surface area contributed by atoms with Crippen LogP contribution in [0.3, 0.4) is 0 Å². The van der Waals surface area contributed by atoms with Crippen molar-refractivity contribution in [2.24, 2.45) is 5.92 Å². The topological polar surface area (TPSA) is 43.8 Å². The minimum atomic E-state index is 0.650. The fourth-order valence-electron chi connectivity index (χ4n) is 2.79. The van der Waals surface area contributed by atoms with Crippen molar-refractivity contribution in [3.63, 3.8) is 0 Å². The lowest BCUT2D eigenvalue weighted by Gasteiger charge is -2.08. The second kappa shape index (κ2) is 6.78. The van der Waals surface area contributed by atoms with E-state index in [0.29, 0.717) is 5.95 Å². The van der Waals surface area contributed by atoms with Crippen molar-refractivity contribution in [3.8, 4) is 0 Å². The molecule has 0 saturated heterocycles. The first-order valence-electron chi connectivity index (χ1n) is 7.81. The molecule has 0 unspecified atom stereocenters. The maximum atomic E-state index is 6.05. The zero-order valence-corrected chi connectivity index (χ0v) is 13.0. The van der Waals surface area contributed by atoms with Crippen molar-refractivity contribution < 1.29 is 0 Å². The van der Waals surface area contributed by atoms with E-state index < -0.39 is 0 Å². The molecule has 2 N–H and O–H groups in total. The van der Waals surface area contributed by atoms with Gasteiger partial charge in [0.05, 0.1) is 11.0 Å². The number of para-hydroxylation sites is 1. The van der Waals surface area contributed by atoms with E-state index in [9.17, 15) is 0 Å². The Morgan fingerprint density at radius 1 is 1.15 bits per heavy atom. The number of nitrogen functional groups attached to an aromatic ring is 1. The Hall–Kier alpha value is -1.51. The number of anilines is 1. The van der Waals surface area contributed by atoms with Crippen molar-refractivity contribution in [2.45, 2.75) is 59.4 Å². The number of benzene rings is 1. The first-order valence-corrected chi connectivity index (χ1v) is 7.81. The SMILES string of the molecule is Cc1cccc2nc(N)n(CCCCCCC(C)C)c12. The van der Waals surface area contributed by atoms with E-state index in [1.807, 2.05) is 12.1 Å². The average Bonchev–Trinajstić information content (AvgIpc) is 2.71. The fourth-order valence-corrected chi connectivity index (χ4v) is 2.79. The Morgan fingerprint density at radius 3 is 2.65 bits per heavy atom. The van der Waals surface area contributed by atoms with Crippen LogP contribution in [-0.4, -0.2) is 9.55 Å². The Morgan fingerprint density at radius 2 is 1.90 bits per heavy atom. The Balaban J connectivity index is 1.92. The zero-order chi connectivity index (χ0) is 14.5. The van der Waals surface area contributed by atoms with Gasteiger partial charge in [-0.1, -0.05) is 51.7 Å². The highest BCUT2D eigenvalue weighted by atomic mass is 15.1. The van der Waals surface area contributed by atoms with Crippen molar-refractivity contribution >= 4 is 17.0 Å². The van der Waals surface area contributed by atoms with Crippen LogP contribution in [0.15, 0.2) is 18.2 Å². The number of hydrogen-bond donors (Lipinski definition) is 1. The lowest BCUT2D eigenvalue weighted by molar-refractivity contribution is 0.508. The predicted molar refractivity (Wildman–Crippen MR) is 86.8 cm³/mol. The van der Waals surface area contributed by atoms with Gasteiger partial charge >= 0.3 is 0 Å². The molecule has 1 aromatic heterocycles. The third-order valence-corrected chi connectivity index (χ3v) is 3.91. The quantitative estimate of drug-likeness (QED) is 0.753. The molecule has 0 aliphatic rings. The molecule has 2 aromatic rings. The second-order valence-electron chi connectivity index (χ2n) is 6.16. The number of nitrogens with two attached hydrogens (primary N) is 1. The zero-order valence-electron chi connectivity index (χ0n) is 13.0. The summed E-state index contributed by atoms with van der Waals surface area (Å²) in [5.74, 6) is 1.47. The monoisotopic (exact) mass is 273 g/mol. The molecule has 3 heteroatoms. The molecule has 0 spiro atoms. The summed E-state index contributed by atoms with van der Waals surface area (Å²) in [5, 5.41) is 0. The number of rotatable bonds is 7. The molecule has 2 rings (SSSR count). The van der Waals surface area contributed by atoms with Gasteiger partial charge in [0.25, 0.3) is 0 Å². The normalized spacial score (nSPS) is 11.6. The fraction of sp³-hybridized carbons (Fsp3) is 0.588. The summed E-state index contributed by atoms with van der Waals surface area (Å²) < 4.78 is 2.17. The molecule has 1 heterocycles. The number of nitrogens with zero attached hydrogens (tertiary/aromatic N) is 2. The maximum absolute atomic E-state index is 6.05. The lowest BCUT2D eigenvalue weighted by Crippen LogP contribution is -2.04. The predicted octanol–water partition coefficient (Wildman–Crippen LogP) is 4.53. The highest BCUT2D eigenvalue weighted by molar-refractivity contribution is 5.81. The molecule has 0 saturated carbocycles. The van der Waals surface area contributed by atoms with E-state index in [4.69, 9.17) is 5.73 Å².